The van der Waals surface area contributed by atoms with E-state index in [2.05, 4.69) is 0 Å². The Balaban J connectivity index is 2.15. The Morgan fingerprint density at radius 2 is 1.74 bits per heavy atom. The van der Waals surface area contributed by atoms with Crippen molar-refractivity contribution in [3.05, 3.63) is 16.7 Å². The fourth-order valence-electron chi connectivity index (χ4n) is 2.98. The lowest BCUT2D eigenvalue weighted by molar-refractivity contribution is -0.107. The second kappa shape index (κ2) is 5.11. The van der Waals surface area contributed by atoms with Crippen LogP contribution in [0.25, 0.3) is 0 Å². The van der Waals surface area contributed by atoms with Crippen LogP contribution in [-0.2, 0) is 24.1 Å². The van der Waals surface area contributed by atoms with Gasteiger partial charge in [-0.2, -0.15) is 0 Å². The Morgan fingerprint density at radius 1 is 1.05 bits per heavy atom. The SMILES string of the molecule is O=CCCc1c2c(c(O)c3c1OCCC3)OCCC2. The van der Waals surface area contributed by atoms with Crippen molar-refractivity contribution in [2.45, 2.75) is 38.5 Å². The molecule has 0 fully saturated rings. The van der Waals surface area contributed by atoms with Crippen LogP contribution in [0.4, 0.5) is 0 Å². The average Bonchev–Trinajstić information content (AvgIpc) is 2.47. The molecule has 0 aromatic heterocycles. The molecule has 0 bridgehead atoms. The summed E-state index contributed by atoms with van der Waals surface area (Å²) in [4.78, 5) is 10.7. The standard InChI is InChI=1S/C15H18O4/c16-7-1-4-10-11-5-2-9-19-15(11)13(17)12-6-3-8-18-14(10)12/h7,17H,1-6,8-9H2. The molecular weight excluding hydrogens is 244 g/mol. The molecule has 0 saturated carbocycles. The van der Waals surface area contributed by atoms with Gasteiger partial charge in [-0.05, 0) is 32.1 Å². The van der Waals surface area contributed by atoms with Gasteiger partial charge in [0.1, 0.15) is 12.0 Å². The Labute approximate surface area is 112 Å². The van der Waals surface area contributed by atoms with Gasteiger partial charge in [0, 0.05) is 23.1 Å². The molecule has 2 aliphatic heterocycles. The lowest BCUT2D eigenvalue weighted by atomic mass is 9.90. The minimum atomic E-state index is 0.249. The number of aromatic hydroxyl groups is 1. The molecule has 0 amide bonds. The van der Waals surface area contributed by atoms with E-state index < -0.39 is 0 Å². The van der Waals surface area contributed by atoms with Gasteiger partial charge in [-0.1, -0.05) is 0 Å². The smallest absolute Gasteiger partial charge is 0.164 e. The van der Waals surface area contributed by atoms with Crippen LogP contribution in [0.1, 0.15) is 36.0 Å². The second-order valence-electron chi connectivity index (χ2n) is 5.05. The minimum Gasteiger partial charge on any atom is -0.504 e. The highest BCUT2D eigenvalue weighted by atomic mass is 16.5. The zero-order valence-corrected chi connectivity index (χ0v) is 10.9. The van der Waals surface area contributed by atoms with Gasteiger partial charge in [0.25, 0.3) is 0 Å². The van der Waals surface area contributed by atoms with E-state index in [-0.39, 0.29) is 5.75 Å². The number of ether oxygens (including phenoxy) is 2. The summed E-state index contributed by atoms with van der Waals surface area (Å²) in [7, 11) is 0. The zero-order valence-electron chi connectivity index (χ0n) is 10.9. The first-order chi connectivity index (χ1) is 9.33. The molecule has 3 rings (SSSR count). The third-order valence-corrected chi connectivity index (χ3v) is 3.83. The second-order valence-corrected chi connectivity index (χ2v) is 5.05. The van der Waals surface area contributed by atoms with Gasteiger partial charge in [-0.15, -0.1) is 0 Å². The van der Waals surface area contributed by atoms with Gasteiger partial charge >= 0.3 is 0 Å². The monoisotopic (exact) mass is 262 g/mol. The highest BCUT2D eigenvalue weighted by Gasteiger charge is 2.28. The van der Waals surface area contributed by atoms with E-state index >= 15 is 0 Å². The van der Waals surface area contributed by atoms with E-state index in [4.69, 9.17) is 9.47 Å². The van der Waals surface area contributed by atoms with Crippen molar-refractivity contribution >= 4 is 6.29 Å². The van der Waals surface area contributed by atoms with E-state index in [0.29, 0.717) is 31.8 Å². The van der Waals surface area contributed by atoms with E-state index in [0.717, 1.165) is 54.4 Å². The molecule has 2 aliphatic rings. The molecular formula is C15H18O4. The molecule has 0 atom stereocenters. The van der Waals surface area contributed by atoms with Crippen LogP contribution in [0.15, 0.2) is 0 Å². The van der Waals surface area contributed by atoms with Crippen LogP contribution >= 0.6 is 0 Å². The number of hydrogen-bond acceptors (Lipinski definition) is 4. The first-order valence-corrected chi connectivity index (χ1v) is 6.91. The van der Waals surface area contributed by atoms with Crippen LogP contribution in [0.3, 0.4) is 0 Å². The molecule has 1 aromatic carbocycles. The molecule has 19 heavy (non-hydrogen) atoms. The molecule has 0 radical (unpaired) electrons. The number of fused-ring (bicyclic) bond motifs is 2. The number of phenolic OH excluding ortho intramolecular Hbond substituents is 1. The number of rotatable bonds is 3. The fraction of sp³-hybridized carbons (Fsp3) is 0.533. The first kappa shape index (κ1) is 12.3. The Bertz CT molecular complexity index is 470. The van der Waals surface area contributed by atoms with E-state index in [1.54, 1.807) is 0 Å². The maximum atomic E-state index is 10.7. The summed E-state index contributed by atoms with van der Waals surface area (Å²) in [5.41, 5.74) is 2.95. The summed E-state index contributed by atoms with van der Waals surface area (Å²) >= 11 is 0. The predicted octanol–water partition coefficient (Wildman–Crippen LogP) is 2.17. The largest absolute Gasteiger partial charge is 0.504 e. The molecule has 1 N–H and O–H groups in total. The number of aldehydes is 1. The van der Waals surface area contributed by atoms with Crippen LogP contribution in [-0.4, -0.2) is 24.6 Å². The predicted molar refractivity (Wildman–Crippen MR) is 70.1 cm³/mol. The van der Waals surface area contributed by atoms with Crippen LogP contribution in [0.2, 0.25) is 0 Å². The Hall–Kier alpha value is -1.71. The normalized spacial score (nSPS) is 16.8. The van der Waals surface area contributed by atoms with Gasteiger partial charge in [0.05, 0.1) is 13.2 Å². The van der Waals surface area contributed by atoms with Crippen molar-refractivity contribution < 1.29 is 19.4 Å². The maximum absolute atomic E-state index is 10.7. The van der Waals surface area contributed by atoms with Crippen LogP contribution < -0.4 is 9.47 Å². The molecule has 0 aliphatic carbocycles. The van der Waals surface area contributed by atoms with Crippen LogP contribution in [0.5, 0.6) is 17.2 Å². The van der Waals surface area contributed by atoms with Crippen molar-refractivity contribution in [2.24, 2.45) is 0 Å². The van der Waals surface area contributed by atoms with Gasteiger partial charge < -0.3 is 19.4 Å². The third-order valence-electron chi connectivity index (χ3n) is 3.83. The summed E-state index contributed by atoms with van der Waals surface area (Å²) < 4.78 is 11.4. The first-order valence-electron chi connectivity index (χ1n) is 6.91. The number of carbonyl (C=O) groups excluding carboxylic acids is 1. The molecule has 102 valence electrons. The summed E-state index contributed by atoms with van der Waals surface area (Å²) in [5.74, 6) is 1.67. The lowest BCUT2D eigenvalue weighted by Crippen LogP contribution is -2.17. The van der Waals surface area contributed by atoms with Crippen molar-refractivity contribution in [1.29, 1.82) is 0 Å². The summed E-state index contributed by atoms with van der Waals surface area (Å²) in [6, 6.07) is 0. The molecule has 0 unspecified atom stereocenters. The van der Waals surface area contributed by atoms with E-state index in [1.807, 2.05) is 0 Å². The number of carbonyl (C=O) groups is 1. The maximum Gasteiger partial charge on any atom is 0.164 e. The molecule has 4 heteroatoms. The lowest BCUT2D eigenvalue weighted by Gasteiger charge is -2.28. The van der Waals surface area contributed by atoms with E-state index in [9.17, 15) is 9.90 Å². The van der Waals surface area contributed by atoms with Crippen molar-refractivity contribution in [1.82, 2.24) is 0 Å². The van der Waals surface area contributed by atoms with Crippen molar-refractivity contribution in [3.8, 4) is 17.2 Å². The summed E-state index contributed by atoms with van der Waals surface area (Å²) in [5, 5.41) is 10.4. The summed E-state index contributed by atoms with van der Waals surface area (Å²) in [6.45, 7) is 1.33. The van der Waals surface area contributed by atoms with Crippen molar-refractivity contribution in [2.75, 3.05) is 13.2 Å². The number of benzene rings is 1. The topological polar surface area (TPSA) is 55.8 Å². The van der Waals surface area contributed by atoms with E-state index in [1.165, 1.54) is 0 Å². The quantitative estimate of drug-likeness (QED) is 0.848. The summed E-state index contributed by atoms with van der Waals surface area (Å²) in [6.07, 6.45) is 5.62. The highest BCUT2D eigenvalue weighted by molar-refractivity contribution is 5.64. The Morgan fingerprint density at radius 3 is 2.47 bits per heavy atom. The fourth-order valence-corrected chi connectivity index (χ4v) is 2.98. The molecule has 0 saturated heterocycles. The number of phenols is 1. The van der Waals surface area contributed by atoms with Crippen molar-refractivity contribution in [3.63, 3.8) is 0 Å². The number of hydrogen-bond donors (Lipinski definition) is 1. The van der Waals surface area contributed by atoms with Gasteiger partial charge in [-0.25, -0.2) is 0 Å². The van der Waals surface area contributed by atoms with Gasteiger partial charge in [-0.3, -0.25) is 0 Å². The van der Waals surface area contributed by atoms with Gasteiger partial charge in [0.2, 0.25) is 0 Å². The highest BCUT2D eigenvalue weighted by Crippen LogP contribution is 2.47. The average molecular weight is 262 g/mol. The molecule has 1 aromatic rings. The Kier molecular flexibility index (Phi) is 3.32. The third kappa shape index (κ3) is 2.05. The minimum absolute atomic E-state index is 0.249. The van der Waals surface area contributed by atoms with Crippen LogP contribution in [0, 0.1) is 0 Å². The van der Waals surface area contributed by atoms with Gasteiger partial charge in [0.15, 0.2) is 11.5 Å². The molecule has 2 heterocycles. The molecule has 0 spiro atoms. The molecule has 4 nitrogen and oxygen atoms in total. The zero-order chi connectivity index (χ0) is 13.2.